The van der Waals surface area contributed by atoms with Gasteiger partial charge in [0.1, 0.15) is 0 Å². The minimum absolute atomic E-state index is 0.237. The van der Waals surface area contributed by atoms with Crippen LogP contribution in [0.3, 0.4) is 0 Å². The lowest BCUT2D eigenvalue weighted by molar-refractivity contribution is -0.250. The largest absolute Gasteiger partial charge is 0.351 e. The van der Waals surface area contributed by atoms with Gasteiger partial charge < -0.3 is 4.74 Å². The van der Waals surface area contributed by atoms with Crippen molar-refractivity contribution in [2.75, 3.05) is 7.11 Å². The molecule has 1 rings (SSSR count). The number of hydrogen-bond donors (Lipinski definition) is 0. The van der Waals surface area contributed by atoms with E-state index in [1.54, 1.807) is 6.92 Å². The van der Waals surface area contributed by atoms with Crippen molar-refractivity contribution in [3.63, 3.8) is 0 Å². The molecule has 0 saturated heterocycles. The van der Waals surface area contributed by atoms with E-state index in [2.05, 4.69) is 0 Å². The van der Waals surface area contributed by atoms with Crippen LogP contribution in [0, 0.1) is 5.92 Å². The Labute approximate surface area is 68.6 Å². The predicted octanol–water partition coefficient (Wildman–Crippen LogP) is 2.36. The summed E-state index contributed by atoms with van der Waals surface area (Å²) in [5.74, 6) is -0.901. The second kappa shape index (κ2) is 3.55. The first kappa shape index (κ1) is 9.01. The van der Waals surface area contributed by atoms with E-state index < -0.39 is 5.79 Å². The molecule has 0 N–H and O–H groups in total. The van der Waals surface area contributed by atoms with Crippen LogP contribution in [0.5, 0.6) is 0 Å². The molecule has 1 aliphatic rings. The van der Waals surface area contributed by atoms with E-state index in [1.165, 1.54) is 26.4 Å². The van der Waals surface area contributed by atoms with Gasteiger partial charge in [-0.2, -0.15) is 5.11 Å². The molecule has 2 nitrogen and oxygen atoms in total. The van der Waals surface area contributed by atoms with Gasteiger partial charge in [-0.3, -0.25) is 0 Å². The smallest absolute Gasteiger partial charge is 0.201 e. The van der Waals surface area contributed by atoms with Crippen LogP contribution < -0.4 is 0 Å². The predicted molar refractivity (Wildman–Crippen MR) is 42.7 cm³/mol. The third-order valence-corrected chi connectivity index (χ3v) is 2.75. The average Bonchev–Trinajstić information content (AvgIpc) is 2.06. The zero-order valence-corrected chi connectivity index (χ0v) is 7.43. The van der Waals surface area contributed by atoms with Gasteiger partial charge in [0.25, 0.3) is 0 Å². The van der Waals surface area contributed by atoms with Crippen molar-refractivity contribution in [3.8, 4) is 0 Å². The van der Waals surface area contributed by atoms with Crippen LogP contribution in [0.4, 0.5) is 0 Å². The summed E-state index contributed by atoms with van der Waals surface area (Å²) in [5.41, 5.74) is 0. The Morgan fingerprint density at radius 3 is 2.27 bits per heavy atom. The van der Waals surface area contributed by atoms with E-state index in [-0.39, 0.29) is 5.92 Å². The van der Waals surface area contributed by atoms with Crippen LogP contribution in [-0.4, -0.2) is 12.9 Å². The van der Waals surface area contributed by atoms with Crippen molar-refractivity contribution in [2.45, 2.75) is 44.8 Å². The lowest BCUT2D eigenvalue weighted by Crippen LogP contribution is -2.36. The molecule has 0 aromatic carbocycles. The van der Waals surface area contributed by atoms with Crippen LogP contribution in [0.25, 0.3) is 0 Å². The highest BCUT2D eigenvalue weighted by atomic mass is 16.6. The third-order valence-electron chi connectivity index (χ3n) is 2.75. The first-order valence-corrected chi connectivity index (χ1v) is 4.42. The standard InChI is InChI=1S/C9H17O2/c1-9(10,11-2)8-6-4-3-5-7-8/h8H,3-7H2,1-2H3. The molecule has 1 atom stereocenters. The average molecular weight is 157 g/mol. The molecule has 0 heterocycles. The highest BCUT2D eigenvalue weighted by Crippen LogP contribution is 2.33. The fourth-order valence-electron chi connectivity index (χ4n) is 1.79. The van der Waals surface area contributed by atoms with E-state index in [0.717, 1.165) is 12.8 Å². The second-order valence-corrected chi connectivity index (χ2v) is 3.56. The number of rotatable bonds is 2. The maximum atomic E-state index is 11.6. The zero-order chi connectivity index (χ0) is 8.32. The Morgan fingerprint density at radius 1 is 1.27 bits per heavy atom. The van der Waals surface area contributed by atoms with Crippen molar-refractivity contribution in [3.05, 3.63) is 0 Å². The summed E-state index contributed by atoms with van der Waals surface area (Å²) in [6.45, 7) is 1.66. The van der Waals surface area contributed by atoms with Crippen molar-refractivity contribution < 1.29 is 9.84 Å². The fraction of sp³-hybridized carbons (Fsp3) is 1.00. The van der Waals surface area contributed by atoms with E-state index in [4.69, 9.17) is 4.74 Å². The third kappa shape index (κ3) is 2.17. The molecule has 0 aliphatic heterocycles. The molecule has 1 aliphatic carbocycles. The van der Waals surface area contributed by atoms with Crippen molar-refractivity contribution >= 4 is 0 Å². The normalized spacial score (nSPS) is 26.5. The molecule has 0 aromatic heterocycles. The minimum atomic E-state index is -1.14. The van der Waals surface area contributed by atoms with Gasteiger partial charge in [-0.05, 0) is 19.8 Å². The minimum Gasteiger partial charge on any atom is -0.351 e. The van der Waals surface area contributed by atoms with Gasteiger partial charge in [-0.25, -0.2) is 0 Å². The molecule has 65 valence electrons. The maximum Gasteiger partial charge on any atom is 0.201 e. The van der Waals surface area contributed by atoms with E-state index in [9.17, 15) is 5.11 Å². The quantitative estimate of drug-likeness (QED) is 0.566. The number of ether oxygens (including phenoxy) is 1. The molecule has 2 heteroatoms. The molecule has 0 bridgehead atoms. The van der Waals surface area contributed by atoms with Crippen LogP contribution in [0.1, 0.15) is 39.0 Å². The summed E-state index contributed by atoms with van der Waals surface area (Å²) >= 11 is 0. The highest BCUT2D eigenvalue weighted by molar-refractivity contribution is 4.75. The number of methoxy groups -OCH3 is 1. The van der Waals surface area contributed by atoms with Gasteiger partial charge in [-0.15, -0.1) is 0 Å². The molecule has 0 spiro atoms. The molecule has 1 unspecified atom stereocenters. The van der Waals surface area contributed by atoms with Gasteiger partial charge in [0.15, 0.2) is 0 Å². The Bertz CT molecular complexity index is 115. The second-order valence-electron chi connectivity index (χ2n) is 3.56. The first-order valence-electron chi connectivity index (χ1n) is 4.42. The molecule has 11 heavy (non-hydrogen) atoms. The highest BCUT2D eigenvalue weighted by Gasteiger charge is 2.34. The van der Waals surface area contributed by atoms with Crippen LogP contribution in [-0.2, 0) is 9.84 Å². The van der Waals surface area contributed by atoms with Gasteiger partial charge in [-0.1, -0.05) is 19.3 Å². The molecule has 1 radical (unpaired) electrons. The van der Waals surface area contributed by atoms with Crippen LogP contribution in [0.2, 0.25) is 0 Å². The Hall–Kier alpha value is -0.0800. The summed E-state index contributed by atoms with van der Waals surface area (Å²) < 4.78 is 4.92. The summed E-state index contributed by atoms with van der Waals surface area (Å²) in [7, 11) is 1.52. The van der Waals surface area contributed by atoms with Crippen LogP contribution in [0.15, 0.2) is 0 Å². The molecule has 1 saturated carbocycles. The molecular formula is C9H17O2. The SMILES string of the molecule is COC(C)([O])C1CCCCC1. The lowest BCUT2D eigenvalue weighted by atomic mass is 9.84. The van der Waals surface area contributed by atoms with E-state index >= 15 is 0 Å². The van der Waals surface area contributed by atoms with E-state index in [0.29, 0.717) is 0 Å². The van der Waals surface area contributed by atoms with Gasteiger partial charge in [0, 0.05) is 13.0 Å². The Balaban J connectivity index is 2.43. The first-order chi connectivity index (χ1) is 5.17. The summed E-state index contributed by atoms with van der Waals surface area (Å²) in [6, 6.07) is 0. The Kier molecular flexibility index (Phi) is 2.90. The van der Waals surface area contributed by atoms with Gasteiger partial charge >= 0.3 is 0 Å². The van der Waals surface area contributed by atoms with Gasteiger partial charge in [0.05, 0.1) is 0 Å². The van der Waals surface area contributed by atoms with Crippen LogP contribution >= 0.6 is 0 Å². The summed E-state index contributed by atoms with van der Waals surface area (Å²) in [6.07, 6.45) is 5.79. The van der Waals surface area contributed by atoms with Crippen molar-refractivity contribution in [1.82, 2.24) is 0 Å². The monoisotopic (exact) mass is 157 g/mol. The maximum absolute atomic E-state index is 11.6. The lowest BCUT2D eigenvalue weighted by Gasteiger charge is -2.31. The number of hydrogen-bond acceptors (Lipinski definition) is 1. The van der Waals surface area contributed by atoms with Crippen molar-refractivity contribution in [2.24, 2.45) is 5.92 Å². The molecule has 0 amide bonds. The van der Waals surface area contributed by atoms with Crippen molar-refractivity contribution in [1.29, 1.82) is 0 Å². The fourth-order valence-corrected chi connectivity index (χ4v) is 1.79. The summed E-state index contributed by atoms with van der Waals surface area (Å²) in [4.78, 5) is 0. The molecule has 1 fully saturated rings. The zero-order valence-electron chi connectivity index (χ0n) is 7.43. The molecular weight excluding hydrogens is 140 g/mol. The topological polar surface area (TPSA) is 29.1 Å². The van der Waals surface area contributed by atoms with Gasteiger partial charge in [0.2, 0.25) is 5.79 Å². The Morgan fingerprint density at radius 2 is 1.82 bits per heavy atom. The summed E-state index contributed by atoms with van der Waals surface area (Å²) in [5, 5.41) is 11.6. The molecule has 0 aromatic rings. The van der Waals surface area contributed by atoms with E-state index in [1.807, 2.05) is 0 Å².